The summed E-state index contributed by atoms with van der Waals surface area (Å²) in [5.74, 6) is 0. The summed E-state index contributed by atoms with van der Waals surface area (Å²) in [5, 5.41) is 7.66. The highest BCUT2D eigenvalue weighted by atomic mass is 19.4. The van der Waals surface area contributed by atoms with E-state index in [1.165, 1.54) is 23.0 Å². The van der Waals surface area contributed by atoms with E-state index in [-0.39, 0.29) is 5.69 Å². The van der Waals surface area contributed by atoms with Crippen LogP contribution in [0.25, 0.3) is 5.69 Å². The molecule has 1 heterocycles. The molecule has 0 aliphatic heterocycles. The third-order valence-corrected chi connectivity index (χ3v) is 2.59. The Morgan fingerprint density at radius 3 is 2.42 bits per heavy atom. The molecule has 0 aliphatic rings. The summed E-state index contributed by atoms with van der Waals surface area (Å²) >= 11 is 0. The number of nitrogens with two attached hydrogens (primary N) is 1. The Bertz CT molecular complexity index is 581. The predicted octanol–water partition coefficient (Wildman–Crippen LogP) is 2.48. The zero-order valence-electron chi connectivity index (χ0n) is 10.4. The molecule has 2 N–H and O–H groups in total. The van der Waals surface area contributed by atoms with Crippen molar-refractivity contribution >= 4 is 0 Å². The first kappa shape index (κ1) is 13.5. The maximum Gasteiger partial charge on any atom is 0.416 e. The van der Waals surface area contributed by atoms with Gasteiger partial charge in [-0.25, -0.2) is 4.68 Å². The van der Waals surface area contributed by atoms with E-state index < -0.39 is 17.3 Å². The Balaban J connectivity index is 2.40. The van der Waals surface area contributed by atoms with E-state index in [0.29, 0.717) is 5.69 Å². The normalized spacial score (nSPS) is 12.7. The monoisotopic (exact) mass is 270 g/mol. The summed E-state index contributed by atoms with van der Waals surface area (Å²) in [5.41, 5.74) is 5.22. The number of nitrogens with zero attached hydrogens (tertiary/aromatic N) is 3. The Hall–Kier alpha value is -1.89. The molecular weight excluding hydrogens is 257 g/mol. The molecule has 1 aromatic heterocycles. The quantitative estimate of drug-likeness (QED) is 0.912. The molecule has 7 heteroatoms. The number of halogens is 3. The molecule has 19 heavy (non-hydrogen) atoms. The molecular formula is C12H13F3N4. The van der Waals surface area contributed by atoms with Crippen LogP contribution in [0.2, 0.25) is 0 Å². The highest BCUT2D eigenvalue weighted by Crippen LogP contribution is 2.30. The van der Waals surface area contributed by atoms with Crippen LogP contribution in [0.15, 0.2) is 30.5 Å². The summed E-state index contributed by atoms with van der Waals surface area (Å²) in [6, 6.07) is 4.88. The van der Waals surface area contributed by atoms with Crippen molar-refractivity contribution in [2.45, 2.75) is 25.6 Å². The van der Waals surface area contributed by atoms with Gasteiger partial charge >= 0.3 is 6.18 Å². The van der Waals surface area contributed by atoms with Crippen molar-refractivity contribution in [3.8, 4) is 5.69 Å². The Morgan fingerprint density at radius 1 is 1.21 bits per heavy atom. The van der Waals surface area contributed by atoms with Crippen LogP contribution in [0.1, 0.15) is 25.1 Å². The Labute approximate surface area is 108 Å². The molecule has 0 unspecified atom stereocenters. The largest absolute Gasteiger partial charge is 0.416 e. The molecule has 0 aliphatic carbocycles. The van der Waals surface area contributed by atoms with E-state index in [0.717, 1.165) is 12.1 Å². The minimum Gasteiger partial charge on any atom is -0.320 e. The molecule has 0 amide bonds. The second-order valence-electron chi connectivity index (χ2n) is 4.82. The lowest BCUT2D eigenvalue weighted by Gasteiger charge is -2.13. The summed E-state index contributed by atoms with van der Waals surface area (Å²) in [6.45, 7) is 3.49. The first-order valence-electron chi connectivity index (χ1n) is 5.57. The highest BCUT2D eigenvalue weighted by molar-refractivity contribution is 5.36. The van der Waals surface area contributed by atoms with E-state index in [9.17, 15) is 13.2 Å². The second-order valence-corrected chi connectivity index (χ2v) is 4.82. The highest BCUT2D eigenvalue weighted by Gasteiger charge is 2.30. The molecule has 0 radical (unpaired) electrons. The number of rotatable bonds is 2. The van der Waals surface area contributed by atoms with Gasteiger partial charge in [-0.2, -0.15) is 13.2 Å². The maximum atomic E-state index is 12.6. The van der Waals surface area contributed by atoms with Gasteiger partial charge in [-0.05, 0) is 32.0 Å². The summed E-state index contributed by atoms with van der Waals surface area (Å²) in [7, 11) is 0. The van der Waals surface area contributed by atoms with Gasteiger partial charge in [-0.3, -0.25) is 0 Å². The van der Waals surface area contributed by atoms with Crippen molar-refractivity contribution in [2.24, 2.45) is 5.73 Å². The molecule has 4 nitrogen and oxygen atoms in total. The van der Waals surface area contributed by atoms with Crippen LogP contribution in [0.3, 0.4) is 0 Å². The maximum absolute atomic E-state index is 12.6. The molecule has 1 aromatic carbocycles. The van der Waals surface area contributed by atoms with E-state index in [1.807, 2.05) is 0 Å². The molecule has 2 aromatic rings. The van der Waals surface area contributed by atoms with E-state index in [1.54, 1.807) is 13.8 Å². The summed E-state index contributed by atoms with van der Waals surface area (Å²) in [6.07, 6.45) is -2.86. The average Bonchev–Trinajstić information content (AvgIpc) is 2.77. The Kier molecular flexibility index (Phi) is 3.09. The molecule has 0 saturated carbocycles. The van der Waals surface area contributed by atoms with Crippen LogP contribution in [0.4, 0.5) is 13.2 Å². The van der Waals surface area contributed by atoms with Crippen molar-refractivity contribution in [3.63, 3.8) is 0 Å². The summed E-state index contributed by atoms with van der Waals surface area (Å²) in [4.78, 5) is 0. The zero-order chi connectivity index (χ0) is 14.3. The minimum atomic E-state index is -4.38. The van der Waals surface area contributed by atoms with Crippen LogP contribution in [0, 0.1) is 0 Å². The molecule has 102 valence electrons. The zero-order valence-corrected chi connectivity index (χ0v) is 10.4. The smallest absolute Gasteiger partial charge is 0.320 e. The van der Waals surface area contributed by atoms with Gasteiger partial charge < -0.3 is 5.73 Å². The van der Waals surface area contributed by atoms with E-state index in [4.69, 9.17) is 5.73 Å². The third kappa shape index (κ3) is 2.93. The van der Waals surface area contributed by atoms with Crippen molar-refractivity contribution in [2.75, 3.05) is 0 Å². The summed E-state index contributed by atoms with van der Waals surface area (Å²) < 4.78 is 39.1. The number of aromatic nitrogens is 3. The molecule has 2 rings (SSSR count). The first-order valence-corrected chi connectivity index (χ1v) is 5.57. The van der Waals surface area contributed by atoms with Gasteiger partial charge in [0, 0.05) is 0 Å². The van der Waals surface area contributed by atoms with Gasteiger partial charge in [0.25, 0.3) is 0 Å². The number of hydrogen-bond donors (Lipinski definition) is 1. The van der Waals surface area contributed by atoms with Gasteiger partial charge in [-0.15, -0.1) is 5.10 Å². The van der Waals surface area contributed by atoms with E-state index in [2.05, 4.69) is 10.3 Å². The molecule has 0 bridgehead atoms. The van der Waals surface area contributed by atoms with Crippen molar-refractivity contribution < 1.29 is 13.2 Å². The van der Waals surface area contributed by atoms with Gasteiger partial charge in [0.05, 0.1) is 23.0 Å². The standard InChI is InChI=1S/C12H13F3N4/c1-11(2,16)10-7-19(18-17-10)9-5-3-4-8(6-9)12(13,14)15/h3-7H,16H2,1-2H3. The SMILES string of the molecule is CC(C)(N)c1cn(-c2cccc(C(F)(F)F)c2)nn1. The fourth-order valence-corrected chi connectivity index (χ4v) is 1.51. The number of benzene rings is 1. The van der Waals surface area contributed by atoms with Crippen LogP contribution in [-0.2, 0) is 11.7 Å². The van der Waals surface area contributed by atoms with E-state index >= 15 is 0 Å². The molecule has 0 atom stereocenters. The average molecular weight is 270 g/mol. The molecule has 0 fully saturated rings. The fraction of sp³-hybridized carbons (Fsp3) is 0.333. The number of hydrogen-bond acceptors (Lipinski definition) is 3. The van der Waals surface area contributed by atoms with Crippen LogP contribution >= 0.6 is 0 Å². The fourth-order valence-electron chi connectivity index (χ4n) is 1.51. The van der Waals surface area contributed by atoms with Crippen LogP contribution in [0.5, 0.6) is 0 Å². The lowest BCUT2D eigenvalue weighted by Crippen LogP contribution is -2.29. The lowest BCUT2D eigenvalue weighted by atomic mass is 10.0. The lowest BCUT2D eigenvalue weighted by molar-refractivity contribution is -0.137. The van der Waals surface area contributed by atoms with Crippen molar-refractivity contribution in [1.29, 1.82) is 0 Å². The molecule has 0 spiro atoms. The second kappa shape index (κ2) is 4.34. The predicted molar refractivity (Wildman–Crippen MR) is 63.6 cm³/mol. The number of alkyl halides is 3. The Morgan fingerprint density at radius 2 is 1.89 bits per heavy atom. The van der Waals surface area contributed by atoms with Gasteiger partial charge in [0.2, 0.25) is 0 Å². The van der Waals surface area contributed by atoms with Crippen LogP contribution < -0.4 is 5.73 Å². The minimum absolute atomic E-state index is 0.290. The topological polar surface area (TPSA) is 56.7 Å². The first-order chi connectivity index (χ1) is 8.68. The van der Waals surface area contributed by atoms with Crippen LogP contribution in [-0.4, -0.2) is 15.0 Å². The van der Waals surface area contributed by atoms with Gasteiger partial charge in [0.15, 0.2) is 0 Å². The van der Waals surface area contributed by atoms with Gasteiger partial charge in [0.1, 0.15) is 5.69 Å². The van der Waals surface area contributed by atoms with Crippen molar-refractivity contribution in [1.82, 2.24) is 15.0 Å². The third-order valence-electron chi connectivity index (χ3n) is 2.59. The van der Waals surface area contributed by atoms with Crippen molar-refractivity contribution in [3.05, 3.63) is 41.7 Å². The molecule has 0 saturated heterocycles. The van der Waals surface area contributed by atoms with Gasteiger partial charge in [-0.1, -0.05) is 11.3 Å².